The first kappa shape index (κ1) is 9.83. The number of pyridine rings is 1. The SMILES string of the molecule is Cc1nc2ccc(C(C)C)nc2c(=O)[nH]1. The number of rotatable bonds is 1. The number of aromatic amines is 1. The Morgan fingerprint density at radius 2 is 2.00 bits per heavy atom. The molecule has 0 spiro atoms. The second kappa shape index (κ2) is 3.46. The summed E-state index contributed by atoms with van der Waals surface area (Å²) in [5.41, 5.74) is 1.83. The average molecular weight is 203 g/mol. The molecule has 15 heavy (non-hydrogen) atoms. The lowest BCUT2D eigenvalue weighted by Crippen LogP contribution is -2.12. The predicted molar refractivity (Wildman–Crippen MR) is 59.0 cm³/mol. The topological polar surface area (TPSA) is 58.6 Å². The van der Waals surface area contributed by atoms with Crippen molar-refractivity contribution in [2.45, 2.75) is 26.7 Å². The maximum absolute atomic E-state index is 11.6. The van der Waals surface area contributed by atoms with Crippen molar-refractivity contribution in [3.8, 4) is 0 Å². The van der Waals surface area contributed by atoms with E-state index >= 15 is 0 Å². The zero-order chi connectivity index (χ0) is 11.0. The highest BCUT2D eigenvalue weighted by atomic mass is 16.1. The van der Waals surface area contributed by atoms with E-state index in [0.717, 1.165) is 5.69 Å². The zero-order valence-corrected chi connectivity index (χ0v) is 9.03. The Bertz CT molecular complexity index is 557. The van der Waals surface area contributed by atoms with E-state index in [-0.39, 0.29) is 5.56 Å². The van der Waals surface area contributed by atoms with Crippen molar-refractivity contribution in [2.75, 3.05) is 0 Å². The Labute approximate surface area is 87.4 Å². The van der Waals surface area contributed by atoms with Gasteiger partial charge in [0.15, 0.2) is 5.52 Å². The zero-order valence-electron chi connectivity index (χ0n) is 9.03. The van der Waals surface area contributed by atoms with Crippen LogP contribution in [0.15, 0.2) is 16.9 Å². The van der Waals surface area contributed by atoms with Gasteiger partial charge in [-0.25, -0.2) is 9.97 Å². The Morgan fingerprint density at radius 1 is 1.27 bits per heavy atom. The van der Waals surface area contributed by atoms with E-state index < -0.39 is 0 Å². The number of aryl methyl sites for hydroxylation is 1. The van der Waals surface area contributed by atoms with Crippen LogP contribution in [0.2, 0.25) is 0 Å². The van der Waals surface area contributed by atoms with Crippen LogP contribution in [0.1, 0.15) is 31.3 Å². The number of hydrogen-bond acceptors (Lipinski definition) is 3. The van der Waals surface area contributed by atoms with E-state index in [1.165, 1.54) is 0 Å². The molecule has 0 aliphatic carbocycles. The first-order valence-electron chi connectivity index (χ1n) is 4.95. The van der Waals surface area contributed by atoms with Crippen molar-refractivity contribution >= 4 is 11.0 Å². The smallest absolute Gasteiger partial charge is 0.277 e. The van der Waals surface area contributed by atoms with Crippen LogP contribution in [0.4, 0.5) is 0 Å². The van der Waals surface area contributed by atoms with Crippen LogP contribution in [-0.4, -0.2) is 15.0 Å². The summed E-state index contributed by atoms with van der Waals surface area (Å²) < 4.78 is 0. The molecule has 0 aliphatic heterocycles. The Hall–Kier alpha value is -1.71. The molecular weight excluding hydrogens is 190 g/mol. The number of fused-ring (bicyclic) bond motifs is 1. The average Bonchev–Trinajstić information content (AvgIpc) is 2.16. The van der Waals surface area contributed by atoms with E-state index in [1.807, 2.05) is 26.0 Å². The minimum absolute atomic E-state index is 0.167. The third-order valence-electron chi connectivity index (χ3n) is 2.28. The van der Waals surface area contributed by atoms with Gasteiger partial charge in [0, 0.05) is 5.69 Å². The number of hydrogen-bond donors (Lipinski definition) is 1. The number of H-pyrrole nitrogens is 1. The van der Waals surface area contributed by atoms with Gasteiger partial charge in [0.2, 0.25) is 0 Å². The third kappa shape index (κ3) is 1.75. The third-order valence-corrected chi connectivity index (χ3v) is 2.28. The minimum atomic E-state index is -0.167. The van der Waals surface area contributed by atoms with Gasteiger partial charge < -0.3 is 4.98 Å². The van der Waals surface area contributed by atoms with E-state index in [4.69, 9.17) is 0 Å². The molecule has 78 valence electrons. The van der Waals surface area contributed by atoms with Crippen LogP contribution >= 0.6 is 0 Å². The monoisotopic (exact) mass is 203 g/mol. The van der Waals surface area contributed by atoms with Crippen molar-refractivity contribution in [3.63, 3.8) is 0 Å². The molecular formula is C11H13N3O. The van der Waals surface area contributed by atoms with Crippen molar-refractivity contribution in [1.29, 1.82) is 0 Å². The largest absolute Gasteiger partial charge is 0.309 e. The summed E-state index contributed by atoms with van der Waals surface area (Å²) in [7, 11) is 0. The fourth-order valence-electron chi connectivity index (χ4n) is 1.48. The summed E-state index contributed by atoms with van der Waals surface area (Å²) in [6.07, 6.45) is 0. The molecule has 2 aromatic rings. The highest BCUT2D eigenvalue weighted by Gasteiger charge is 2.06. The molecule has 2 aromatic heterocycles. The second-order valence-electron chi connectivity index (χ2n) is 3.91. The van der Waals surface area contributed by atoms with Gasteiger partial charge in [-0.1, -0.05) is 13.8 Å². The number of nitrogens with zero attached hydrogens (tertiary/aromatic N) is 2. The summed E-state index contributed by atoms with van der Waals surface area (Å²) in [6.45, 7) is 5.85. The van der Waals surface area contributed by atoms with Crippen LogP contribution in [0.5, 0.6) is 0 Å². The van der Waals surface area contributed by atoms with Gasteiger partial charge in [0.1, 0.15) is 5.82 Å². The van der Waals surface area contributed by atoms with Crippen molar-refractivity contribution in [2.24, 2.45) is 0 Å². The molecule has 0 atom stereocenters. The molecule has 1 N–H and O–H groups in total. The summed E-state index contributed by atoms with van der Waals surface area (Å²) in [5, 5.41) is 0. The van der Waals surface area contributed by atoms with Gasteiger partial charge >= 0.3 is 0 Å². The molecule has 0 saturated carbocycles. The summed E-state index contributed by atoms with van der Waals surface area (Å²) in [6, 6.07) is 3.76. The Balaban J connectivity index is 2.77. The van der Waals surface area contributed by atoms with Gasteiger partial charge in [-0.05, 0) is 25.0 Å². The maximum Gasteiger partial charge on any atom is 0.277 e. The molecule has 2 heterocycles. The Morgan fingerprint density at radius 3 is 2.67 bits per heavy atom. The maximum atomic E-state index is 11.6. The Kier molecular flexibility index (Phi) is 2.26. The molecule has 4 heteroatoms. The first-order valence-corrected chi connectivity index (χ1v) is 4.95. The molecule has 0 aliphatic rings. The van der Waals surface area contributed by atoms with Crippen LogP contribution in [0.25, 0.3) is 11.0 Å². The first-order chi connectivity index (χ1) is 7.08. The van der Waals surface area contributed by atoms with E-state index in [9.17, 15) is 4.79 Å². The summed E-state index contributed by atoms with van der Waals surface area (Å²) >= 11 is 0. The van der Waals surface area contributed by atoms with Gasteiger partial charge in [-0.2, -0.15) is 0 Å². The lowest BCUT2D eigenvalue weighted by atomic mass is 10.1. The molecule has 4 nitrogen and oxygen atoms in total. The quantitative estimate of drug-likeness (QED) is 0.768. The molecule has 0 unspecified atom stereocenters. The van der Waals surface area contributed by atoms with Crippen LogP contribution in [0.3, 0.4) is 0 Å². The number of nitrogens with one attached hydrogen (secondary N) is 1. The van der Waals surface area contributed by atoms with Crippen LogP contribution in [-0.2, 0) is 0 Å². The van der Waals surface area contributed by atoms with Crippen LogP contribution in [0, 0.1) is 6.92 Å². The van der Waals surface area contributed by atoms with Crippen molar-refractivity contribution < 1.29 is 0 Å². The summed E-state index contributed by atoms with van der Waals surface area (Å²) in [5.74, 6) is 0.932. The molecule has 0 amide bonds. The number of aromatic nitrogens is 3. The fourth-order valence-corrected chi connectivity index (χ4v) is 1.48. The predicted octanol–water partition coefficient (Wildman–Crippen LogP) is 1.75. The van der Waals surface area contributed by atoms with Crippen molar-refractivity contribution in [1.82, 2.24) is 15.0 Å². The van der Waals surface area contributed by atoms with E-state index in [2.05, 4.69) is 15.0 Å². The molecule has 0 aromatic carbocycles. The molecule has 0 fully saturated rings. The summed E-state index contributed by atoms with van der Waals surface area (Å²) in [4.78, 5) is 22.8. The standard InChI is InChI=1S/C11H13N3O/c1-6(2)8-4-5-9-10(14-8)11(15)13-7(3)12-9/h4-6H,1-3H3,(H,12,13,15). The van der Waals surface area contributed by atoms with Gasteiger partial charge in [0.05, 0.1) is 5.52 Å². The molecule has 2 rings (SSSR count). The molecule has 0 radical (unpaired) electrons. The molecule has 0 bridgehead atoms. The van der Waals surface area contributed by atoms with Gasteiger partial charge in [-0.15, -0.1) is 0 Å². The minimum Gasteiger partial charge on any atom is -0.309 e. The van der Waals surface area contributed by atoms with Gasteiger partial charge in [-0.3, -0.25) is 4.79 Å². The van der Waals surface area contributed by atoms with Crippen LogP contribution < -0.4 is 5.56 Å². The lowest BCUT2D eigenvalue weighted by Gasteiger charge is -2.04. The highest BCUT2D eigenvalue weighted by molar-refractivity contribution is 5.72. The lowest BCUT2D eigenvalue weighted by molar-refractivity contribution is 0.827. The van der Waals surface area contributed by atoms with E-state index in [1.54, 1.807) is 6.92 Å². The van der Waals surface area contributed by atoms with E-state index in [0.29, 0.717) is 22.8 Å². The van der Waals surface area contributed by atoms with Gasteiger partial charge in [0.25, 0.3) is 5.56 Å². The highest BCUT2D eigenvalue weighted by Crippen LogP contribution is 2.13. The normalized spacial score (nSPS) is 11.2. The molecule has 0 saturated heterocycles. The fraction of sp³-hybridized carbons (Fsp3) is 0.364. The van der Waals surface area contributed by atoms with Crippen molar-refractivity contribution in [3.05, 3.63) is 34.0 Å². The second-order valence-corrected chi connectivity index (χ2v) is 3.91.